The van der Waals surface area contributed by atoms with Crippen molar-refractivity contribution in [1.29, 1.82) is 0 Å². The molecule has 2 heterocycles. The minimum atomic E-state index is -1.53. The lowest BCUT2D eigenvalue weighted by atomic mass is 10.0. The standard InChI is InChI=1S/C24H14F3N2O2/c25-17-9-7-14(22(26)23(17)27)12-29-18-4-1-3-16(24(28)30)21(18)15-8-6-13(11-19(15)29)20-5-2-10-31-20/h1-7,9-11H,12H2,(H2,28,30). The van der Waals surface area contributed by atoms with Gasteiger partial charge in [-0.05, 0) is 48.5 Å². The molecule has 0 bridgehead atoms. The summed E-state index contributed by atoms with van der Waals surface area (Å²) in [6, 6.07) is 17.3. The Labute approximate surface area is 174 Å². The van der Waals surface area contributed by atoms with Crippen LogP contribution in [0.3, 0.4) is 0 Å². The highest BCUT2D eigenvalue weighted by atomic mass is 19.2. The summed E-state index contributed by atoms with van der Waals surface area (Å²) in [4.78, 5) is 12.0. The molecule has 5 aromatic rings. The maximum Gasteiger partial charge on any atom is 0.249 e. The Morgan fingerprint density at radius 3 is 2.61 bits per heavy atom. The van der Waals surface area contributed by atoms with E-state index in [0.717, 1.165) is 6.07 Å². The fourth-order valence-electron chi connectivity index (χ4n) is 3.87. The van der Waals surface area contributed by atoms with Crippen molar-refractivity contribution in [2.24, 2.45) is 5.73 Å². The van der Waals surface area contributed by atoms with Crippen molar-refractivity contribution >= 4 is 27.7 Å². The highest BCUT2D eigenvalue weighted by Gasteiger charge is 2.20. The molecular weight excluding hydrogens is 405 g/mol. The molecule has 153 valence electrons. The van der Waals surface area contributed by atoms with Gasteiger partial charge in [-0.25, -0.2) is 13.2 Å². The first-order valence-electron chi connectivity index (χ1n) is 9.38. The molecule has 0 atom stereocenters. The maximum absolute atomic E-state index is 14.4. The number of carbonyl (C=O) groups excluding carboxylic acids is 1. The van der Waals surface area contributed by atoms with Gasteiger partial charge < -0.3 is 14.7 Å². The van der Waals surface area contributed by atoms with Gasteiger partial charge in [-0.15, -0.1) is 0 Å². The van der Waals surface area contributed by atoms with Crippen LogP contribution in [-0.4, -0.2) is 10.5 Å². The molecule has 1 amide bonds. The highest BCUT2D eigenvalue weighted by Crippen LogP contribution is 2.35. The average molecular weight is 419 g/mol. The third-order valence-electron chi connectivity index (χ3n) is 5.31. The average Bonchev–Trinajstić information content (AvgIpc) is 3.41. The second-order valence-corrected chi connectivity index (χ2v) is 7.11. The van der Waals surface area contributed by atoms with Crippen LogP contribution in [0, 0.1) is 23.5 Å². The molecule has 0 aliphatic carbocycles. The predicted molar refractivity (Wildman–Crippen MR) is 110 cm³/mol. The van der Waals surface area contributed by atoms with Crippen molar-refractivity contribution in [3.63, 3.8) is 0 Å². The van der Waals surface area contributed by atoms with Gasteiger partial charge in [-0.2, -0.15) is 0 Å². The Bertz CT molecular complexity index is 1470. The quantitative estimate of drug-likeness (QED) is 0.396. The zero-order chi connectivity index (χ0) is 21.7. The third kappa shape index (κ3) is 2.97. The van der Waals surface area contributed by atoms with E-state index in [1.807, 2.05) is 6.07 Å². The fourth-order valence-corrected chi connectivity index (χ4v) is 3.87. The van der Waals surface area contributed by atoms with Crippen molar-refractivity contribution in [3.8, 4) is 11.3 Å². The second-order valence-electron chi connectivity index (χ2n) is 7.11. The molecular formula is C24H14F3N2O2. The van der Waals surface area contributed by atoms with E-state index >= 15 is 0 Å². The van der Waals surface area contributed by atoms with Crippen LogP contribution in [0.15, 0.2) is 65.3 Å². The zero-order valence-corrected chi connectivity index (χ0v) is 16.0. The Morgan fingerprint density at radius 2 is 1.87 bits per heavy atom. The van der Waals surface area contributed by atoms with Crippen LogP contribution in [0.5, 0.6) is 0 Å². The van der Waals surface area contributed by atoms with Crippen LogP contribution >= 0.6 is 0 Å². The van der Waals surface area contributed by atoms with E-state index in [2.05, 4.69) is 6.07 Å². The zero-order valence-electron chi connectivity index (χ0n) is 16.0. The van der Waals surface area contributed by atoms with E-state index in [-0.39, 0.29) is 17.7 Å². The van der Waals surface area contributed by atoms with E-state index in [1.165, 1.54) is 12.3 Å². The van der Waals surface area contributed by atoms with Crippen molar-refractivity contribution < 1.29 is 22.4 Å². The number of halogens is 3. The molecule has 1 radical (unpaired) electrons. The highest BCUT2D eigenvalue weighted by molar-refractivity contribution is 6.18. The number of primary amides is 1. The smallest absolute Gasteiger partial charge is 0.249 e. The normalized spacial score (nSPS) is 11.5. The molecule has 7 heteroatoms. The summed E-state index contributed by atoms with van der Waals surface area (Å²) in [5, 5.41) is 1.15. The fraction of sp³-hybridized carbons (Fsp3) is 0.0417. The molecule has 3 aromatic carbocycles. The minimum Gasteiger partial charge on any atom is -0.464 e. The molecule has 0 spiro atoms. The number of amides is 1. The van der Waals surface area contributed by atoms with Crippen LogP contribution in [0.2, 0.25) is 0 Å². The van der Waals surface area contributed by atoms with Crippen LogP contribution in [0.25, 0.3) is 33.1 Å². The van der Waals surface area contributed by atoms with Gasteiger partial charge in [0, 0.05) is 27.5 Å². The number of aromatic nitrogens is 1. The molecule has 2 aromatic heterocycles. The summed E-state index contributed by atoms with van der Waals surface area (Å²) in [6.07, 6.45) is 1.54. The Balaban J connectivity index is 1.82. The summed E-state index contributed by atoms with van der Waals surface area (Å²) in [7, 11) is 0. The van der Waals surface area contributed by atoms with Crippen molar-refractivity contribution in [3.05, 3.63) is 95.5 Å². The first-order valence-corrected chi connectivity index (χ1v) is 9.38. The SMILES string of the molecule is NC(=O)c1cccc2c1c1[c]cc(-c3ccco3)cc1n2Cc1ccc(F)c(F)c1F. The summed E-state index contributed by atoms with van der Waals surface area (Å²) >= 11 is 0. The number of hydrogen-bond donors (Lipinski definition) is 1. The number of rotatable bonds is 4. The van der Waals surface area contributed by atoms with Crippen LogP contribution < -0.4 is 5.73 Å². The summed E-state index contributed by atoms with van der Waals surface area (Å²) in [6.45, 7) is -0.0965. The maximum atomic E-state index is 14.4. The number of hydrogen-bond acceptors (Lipinski definition) is 2. The molecule has 5 rings (SSSR count). The van der Waals surface area contributed by atoms with Gasteiger partial charge in [0.25, 0.3) is 0 Å². The summed E-state index contributed by atoms with van der Waals surface area (Å²) in [5.74, 6) is -4.06. The van der Waals surface area contributed by atoms with E-state index < -0.39 is 23.4 Å². The van der Waals surface area contributed by atoms with Gasteiger partial charge in [0.05, 0.1) is 23.8 Å². The number of fused-ring (bicyclic) bond motifs is 3. The van der Waals surface area contributed by atoms with Crippen molar-refractivity contribution in [2.45, 2.75) is 6.54 Å². The molecule has 2 N–H and O–H groups in total. The largest absolute Gasteiger partial charge is 0.464 e. The third-order valence-corrected chi connectivity index (χ3v) is 5.31. The molecule has 0 unspecified atom stereocenters. The molecule has 0 saturated carbocycles. The van der Waals surface area contributed by atoms with Gasteiger partial charge in [-0.3, -0.25) is 4.79 Å². The first kappa shape index (κ1) is 19.0. The first-order chi connectivity index (χ1) is 15.0. The number of benzene rings is 3. The lowest BCUT2D eigenvalue weighted by Crippen LogP contribution is -2.11. The van der Waals surface area contributed by atoms with Gasteiger partial charge in [0.1, 0.15) is 5.76 Å². The molecule has 31 heavy (non-hydrogen) atoms. The van der Waals surface area contributed by atoms with Gasteiger partial charge >= 0.3 is 0 Å². The molecule has 0 aliphatic rings. The second kappa shape index (κ2) is 7.05. The lowest BCUT2D eigenvalue weighted by molar-refractivity contribution is 0.100. The summed E-state index contributed by atoms with van der Waals surface area (Å²) < 4.78 is 48.8. The van der Waals surface area contributed by atoms with Crippen LogP contribution in [0.4, 0.5) is 13.2 Å². The molecule has 0 fully saturated rings. The van der Waals surface area contributed by atoms with Crippen LogP contribution in [0.1, 0.15) is 15.9 Å². The van der Waals surface area contributed by atoms with Crippen molar-refractivity contribution in [2.75, 3.05) is 0 Å². The minimum absolute atomic E-state index is 0.0365. The summed E-state index contributed by atoms with van der Waals surface area (Å²) in [5.41, 5.74) is 7.74. The van der Waals surface area contributed by atoms with E-state index in [9.17, 15) is 18.0 Å². The van der Waals surface area contributed by atoms with Gasteiger partial charge in [-0.1, -0.05) is 12.1 Å². The van der Waals surface area contributed by atoms with Gasteiger partial charge in [0.15, 0.2) is 17.5 Å². The Hall–Kier alpha value is -4.00. The number of carbonyl (C=O) groups is 1. The molecule has 0 saturated heterocycles. The topological polar surface area (TPSA) is 61.2 Å². The van der Waals surface area contributed by atoms with Crippen molar-refractivity contribution in [1.82, 2.24) is 4.57 Å². The van der Waals surface area contributed by atoms with Gasteiger partial charge in [0.2, 0.25) is 5.91 Å². The van der Waals surface area contributed by atoms with Crippen LogP contribution in [-0.2, 0) is 6.54 Å². The molecule has 0 aliphatic heterocycles. The number of furan rings is 1. The predicted octanol–water partition coefficient (Wildman–Crippen LogP) is 5.42. The monoisotopic (exact) mass is 419 g/mol. The van der Waals surface area contributed by atoms with E-state index in [0.29, 0.717) is 33.1 Å². The van der Waals surface area contributed by atoms with E-state index in [1.54, 1.807) is 41.0 Å². The lowest BCUT2D eigenvalue weighted by Gasteiger charge is -2.10. The number of nitrogens with two attached hydrogens (primary N) is 1. The molecule has 4 nitrogen and oxygen atoms in total. The Morgan fingerprint density at radius 1 is 1.03 bits per heavy atom. The van der Waals surface area contributed by atoms with E-state index in [4.69, 9.17) is 10.2 Å². The Kier molecular flexibility index (Phi) is 4.32. The number of nitrogens with zero attached hydrogens (tertiary/aromatic N) is 1.